The number of allylic oxidation sites excluding steroid dienone is 4. The fourth-order valence-corrected chi connectivity index (χ4v) is 4.65. The van der Waals surface area contributed by atoms with E-state index in [2.05, 4.69) is 41.8 Å². The van der Waals surface area contributed by atoms with Gasteiger partial charge in [0.15, 0.2) is 0 Å². The number of hydrogen-bond donors (Lipinski definition) is 0. The monoisotopic (exact) mass is 212 g/mol. The third kappa shape index (κ3) is 3.10. The van der Waals surface area contributed by atoms with E-state index >= 15 is 0 Å². The zero-order chi connectivity index (χ0) is 8.93. The van der Waals surface area contributed by atoms with Gasteiger partial charge in [0.25, 0.3) is 0 Å². The van der Waals surface area contributed by atoms with Crippen LogP contribution in [0.25, 0.3) is 0 Å². The van der Waals surface area contributed by atoms with Gasteiger partial charge in [0, 0.05) is 0 Å². The van der Waals surface area contributed by atoms with Crippen LogP contribution in [0.1, 0.15) is 25.7 Å². The molecule has 72 valence electrons. The molecule has 0 unspecified atom stereocenters. The maximum absolute atomic E-state index is 2.32. The van der Waals surface area contributed by atoms with E-state index < -0.39 is 0 Å². The van der Waals surface area contributed by atoms with Gasteiger partial charge in [-0.15, -0.1) is 23.5 Å². The Labute approximate surface area is 89.2 Å². The Morgan fingerprint density at radius 1 is 1.31 bits per heavy atom. The Morgan fingerprint density at radius 2 is 2.15 bits per heavy atom. The lowest BCUT2D eigenvalue weighted by molar-refractivity contribution is 0.883. The molecule has 0 aromatic rings. The highest BCUT2D eigenvalue weighted by molar-refractivity contribution is 8.17. The molecule has 0 N–H and O–H groups in total. The SMILES string of the molecule is C1=CCCC(CC2SCCCS2)=C1. The highest BCUT2D eigenvalue weighted by Gasteiger charge is 2.15. The molecule has 2 aliphatic rings. The summed E-state index contributed by atoms with van der Waals surface area (Å²) >= 11 is 4.31. The number of rotatable bonds is 2. The van der Waals surface area contributed by atoms with Crippen molar-refractivity contribution in [3.63, 3.8) is 0 Å². The van der Waals surface area contributed by atoms with Crippen molar-refractivity contribution in [1.29, 1.82) is 0 Å². The molecule has 2 rings (SSSR count). The zero-order valence-corrected chi connectivity index (χ0v) is 9.50. The topological polar surface area (TPSA) is 0 Å². The lowest BCUT2D eigenvalue weighted by Crippen LogP contribution is -2.08. The van der Waals surface area contributed by atoms with Gasteiger partial charge in [-0.2, -0.15) is 0 Å². The van der Waals surface area contributed by atoms with E-state index in [4.69, 9.17) is 0 Å². The highest BCUT2D eigenvalue weighted by atomic mass is 32.2. The lowest BCUT2D eigenvalue weighted by Gasteiger charge is -2.22. The van der Waals surface area contributed by atoms with Crippen LogP contribution in [0.2, 0.25) is 0 Å². The van der Waals surface area contributed by atoms with E-state index in [1.54, 1.807) is 5.57 Å². The molecule has 0 bridgehead atoms. The molecule has 0 saturated carbocycles. The van der Waals surface area contributed by atoms with E-state index in [-0.39, 0.29) is 0 Å². The van der Waals surface area contributed by atoms with Gasteiger partial charge in [-0.25, -0.2) is 0 Å². The third-order valence-electron chi connectivity index (χ3n) is 2.43. The van der Waals surface area contributed by atoms with Crippen molar-refractivity contribution in [1.82, 2.24) is 0 Å². The average Bonchev–Trinajstić information content (AvgIpc) is 2.21. The van der Waals surface area contributed by atoms with Gasteiger partial charge in [0.2, 0.25) is 0 Å². The van der Waals surface area contributed by atoms with Gasteiger partial charge in [-0.05, 0) is 37.2 Å². The fraction of sp³-hybridized carbons (Fsp3) is 0.636. The Hall–Kier alpha value is 0.180. The molecular formula is C11H16S2. The Balaban J connectivity index is 1.82. The molecule has 1 saturated heterocycles. The summed E-state index contributed by atoms with van der Waals surface area (Å²) in [7, 11) is 0. The van der Waals surface area contributed by atoms with Crippen molar-refractivity contribution in [3.8, 4) is 0 Å². The summed E-state index contributed by atoms with van der Waals surface area (Å²) in [6, 6.07) is 0. The molecule has 0 radical (unpaired) electrons. The molecule has 0 amide bonds. The third-order valence-corrected chi connectivity index (χ3v) is 5.37. The van der Waals surface area contributed by atoms with Gasteiger partial charge in [0.05, 0.1) is 4.58 Å². The maximum Gasteiger partial charge on any atom is 0.0539 e. The molecule has 1 aliphatic heterocycles. The summed E-state index contributed by atoms with van der Waals surface area (Å²) < 4.78 is 0.853. The van der Waals surface area contributed by atoms with E-state index in [9.17, 15) is 0 Å². The quantitative estimate of drug-likeness (QED) is 0.682. The van der Waals surface area contributed by atoms with Crippen molar-refractivity contribution >= 4 is 23.5 Å². The Bertz CT molecular complexity index is 212. The second-order valence-corrected chi connectivity index (χ2v) is 6.44. The standard InChI is InChI=1S/C11H16S2/c1-2-5-10(6-3-1)9-11-12-7-4-8-13-11/h1-2,5,11H,3-4,6-9H2. The van der Waals surface area contributed by atoms with Gasteiger partial charge in [-0.3, -0.25) is 0 Å². The minimum atomic E-state index is 0.853. The van der Waals surface area contributed by atoms with Crippen molar-refractivity contribution in [2.24, 2.45) is 0 Å². The highest BCUT2D eigenvalue weighted by Crippen LogP contribution is 2.36. The predicted molar refractivity (Wildman–Crippen MR) is 64.4 cm³/mol. The first-order chi connectivity index (χ1) is 6.45. The second-order valence-electron chi connectivity index (χ2n) is 3.52. The first-order valence-electron chi connectivity index (χ1n) is 5.03. The molecule has 0 aromatic carbocycles. The second kappa shape index (κ2) is 5.16. The molecular weight excluding hydrogens is 196 g/mol. The minimum Gasteiger partial charge on any atom is -0.147 e. The summed E-state index contributed by atoms with van der Waals surface area (Å²) in [6.45, 7) is 0. The Morgan fingerprint density at radius 3 is 2.85 bits per heavy atom. The molecule has 1 heterocycles. The molecule has 0 spiro atoms. The van der Waals surface area contributed by atoms with Crippen LogP contribution in [-0.4, -0.2) is 16.1 Å². The number of thioether (sulfide) groups is 2. The van der Waals surface area contributed by atoms with Crippen LogP contribution in [0.5, 0.6) is 0 Å². The first kappa shape index (κ1) is 9.72. The van der Waals surface area contributed by atoms with Crippen LogP contribution in [0.3, 0.4) is 0 Å². The van der Waals surface area contributed by atoms with Crippen LogP contribution in [0.15, 0.2) is 23.8 Å². The summed E-state index contributed by atoms with van der Waals surface area (Å²) in [4.78, 5) is 0. The summed E-state index contributed by atoms with van der Waals surface area (Å²) in [5, 5.41) is 0. The molecule has 0 nitrogen and oxygen atoms in total. The van der Waals surface area contributed by atoms with E-state index in [0.717, 1.165) is 4.58 Å². The fourth-order valence-electron chi connectivity index (χ4n) is 1.69. The molecule has 1 aliphatic carbocycles. The predicted octanol–water partition coefficient (Wildman–Crippen LogP) is 3.85. The molecule has 0 atom stereocenters. The normalized spacial score (nSPS) is 24.5. The largest absolute Gasteiger partial charge is 0.147 e. The summed E-state index contributed by atoms with van der Waals surface area (Å²) in [6.07, 6.45) is 12.1. The van der Waals surface area contributed by atoms with Gasteiger partial charge < -0.3 is 0 Å². The lowest BCUT2D eigenvalue weighted by atomic mass is 10.0. The van der Waals surface area contributed by atoms with Crippen molar-refractivity contribution in [3.05, 3.63) is 23.8 Å². The molecule has 0 aromatic heterocycles. The summed E-state index contributed by atoms with van der Waals surface area (Å²) in [5.74, 6) is 2.75. The van der Waals surface area contributed by atoms with E-state index in [1.165, 1.54) is 37.2 Å². The van der Waals surface area contributed by atoms with Crippen LogP contribution >= 0.6 is 23.5 Å². The van der Waals surface area contributed by atoms with E-state index in [0.29, 0.717) is 0 Å². The van der Waals surface area contributed by atoms with Gasteiger partial charge in [-0.1, -0.05) is 23.8 Å². The zero-order valence-electron chi connectivity index (χ0n) is 7.87. The van der Waals surface area contributed by atoms with E-state index in [1.807, 2.05) is 0 Å². The average molecular weight is 212 g/mol. The Kier molecular flexibility index (Phi) is 3.86. The number of hydrogen-bond acceptors (Lipinski definition) is 2. The van der Waals surface area contributed by atoms with Crippen molar-refractivity contribution in [2.75, 3.05) is 11.5 Å². The van der Waals surface area contributed by atoms with Crippen molar-refractivity contribution in [2.45, 2.75) is 30.3 Å². The molecule has 13 heavy (non-hydrogen) atoms. The smallest absolute Gasteiger partial charge is 0.0539 e. The van der Waals surface area contributed by atoms with Gasteiger partial charge >= 0.3 is 0 Å². The molecule has 2 heteroatoms. The van der Waals surface area contributed by atoms with Crippen LogP contribution in [0, 0.1) is 0 Å². The van der Waals surface area contributed by atoms with Crippen LogP contribution < -0.4 is 0 Å². The first-order valence-corrected chi connectivity index (χ1v) is 7.13. The maximum atomic E-state index is 2.32. The van der Waals surface area contributed by atoms with Crippen LogP contribution in [-0.2, 0) is 0 Å². The molecule has 1 fully saturated rings. The summed E-state index contributed by atoms with van der Waals surface area (Å²) in [5.41, 5.74) is 1.66. The van der Waals surface area contributed by atoms with Crippen molar-refractivity contribution < 1.29 is 0 Å². The van der Waals surface area contributed by atoms with Crippen LogP contribution in [0.4, 0.5) is 0 Å². The van der Waals surface area contributed by atoms with Gasteiger partial charge in [0.1, 0.15) is 0 Å². The minimum absolute atomic E-state index is 0.853.